The zero-order valence-electron chi connectivity index (χ0n) is 16.5. The van der Waals surface area contributed by atoms with Crippen LogP contribution in [0.4, 0.5) is 4.79 Å². The van der Waals surface area contributed by atoms with Crippen LogP contribution in [0.3, 0.4) is 0 Å². The quantitative estimate of drug-likeness (QED) is 0.813. The summed E-state index contributed by atoms with van der Waals surface area (Å²) in [7, 11) is 2.01. The fourth-order valence-corrected chi connectivity index (χ4v) is 3.13. The number of alkyl carbamates (subject to hydrolysis) is 1. The van der Waals surface area contributed by atoms with E-state index in [0.717, 1.165) is 0 Å². The summed E-state index contributed by atoms with van der Waals surface area (Å²) in [5.41, 5.74) is -1.37. The van der Waals surface area contributed by atoms with Crippen molar-refractivity contribution in [3.63, 3.8) is 0 Å². The van der Waals surface area contributed by atoms with E-state index in [2.05, 4.69) is 38.7 Å². The van der Waals surface area contributed by atoms with Gasteiger partial charge in [0.1, 0.15) is 11.1 Å². The van der Waals surface area contributed by atoms with Crippen molar-refractivity contribution in [3.05, 3.63) is 34.1 Å². The Kier molecular flexibility index (Phi) is 6.08. The molecule has 1 unspecified atom stereocenters. The number of nitrogens with one attached hydrogen (secondary N) is 1. The molecule has 0 saturated heterocycles. The first-order chi connectivity index (χ1) is 12.0. The molecule has 1 N–H and O–H groups in total. The van der Waals surface area contributed by atoms with E-state index in [9.17, 15) is 4.79 Å². The standard InChI is InChI=1S/C18H28N4O3S/c1-12(13-9-8-10-26-13)22(7)11-14-19-15(21-25-14)18(5,6)20-16(23)24-17(2,3)4/h8-10,12H,11H2,1-7H3,(H,20,23). The van der Waals surface area contributed by atoms with Crippen molar-refractivity contribution in [3.8, 4) is 0 Å². The monoisotopic (exact) mass is 380 g/mol. The van der Waals surface area contributed by atoms with E-state index in [0.29, 0.717) is 18.3 Å². The molecule has 0 aliphatic carbocycles. The lowest BCUT2D eigenvalue weighted by molar-refractivity contribution is 0.0465. The third-order valence-electron chi connectivity index (χ3n) is 3.84. The second-order valence-electron chi connectivity index (χ2n) is 7.87. The number of carbonyl (C=O) groups excluding carboxylic acids is 1. The summed E-state index contributed by atoms with van der Waals surface area (Å²) in [5, 5.41) is 8.88. The Morgan fingerprint density at radius 3 is 2.65 bits per heavy atom. The van der Waals surface area contributed by atoms with Crippen LogP contribution in [0.1, 0.15) is 64.2 Å². The highest BCUT2D eigenvalue weighted by Crippen LogP contribution is 2.25. The van der Waals surface area contributed by atoms with Crippen LogP contribution in [0.15, 0.2) is 22.0 Å². The van der Waals surface area contributed by atoms with Crippen molar-refractivity contribution < 1.29 is 14.1 Å². The lowest BCUT2D eigenvalue weighted by Crippen LogP contribution is -2.44. The Balaban J connectivity index is 2.00. The lowest BCUT2D eigenvalue weighted by Gasteiger charge is -2.26. The molecular weight excluding hydrogens is 352 g/mol. The van der Waals surface area contributed by atoms with Crippen molar-refractivity contribution in [2.75, 3.05) is 7.05 Å². The maximum Gasteiger partial charge on any atom is 0.408 e. The van der Waals surface area contributed by atoms with Crippen molar-refractivity contribution in [1.82, 2.24) is 20.4 Å². The Labute approximate surface area is 158 Å². The molecule has 0 aliphatic heterocycles. The van der Waals surface area contributed by atoms with E-state index in [4.69, 9.17) is 9.26 Å². The van der Waals surface area contributed by atoms with Gasteiger partial charge in [-0.2, -0.15) is 4.98 Å². The Morgan fingerprint density at radius 1 is 1.38 bits per heavy atom. The van der Waals surface area contributed by atoms with E-state index in [-0.39, 0.29) is 6.04 Å². The summed E-state index contributed by atoms with van der Waals surface area (Å²) in [6, 6.07) is 4.40. The molecule has 2 rings (SSSR count). The van der Waals surface area contributed by atoms with Crippen molar-refractivity contribution in [1.29, 1.82) is 0 Å². The first-order valence-corrected chi connectivity index (χ1v) is 9.44. The third kappa shape index (κ3) is 5.54. The number of hydrogen-bond acceptors (Lipinski definition) is 7. The smallest absolute Gasteiger partial charge is 0.408 e. The summed E-state index contributed by atoms with van der Waals surface area (Å²) in [6.07, 6.45) is -0.516. The van der Waals surface area contributed by atoms with Crippen LogP contribution in [0, 0.1) is 0 Å². The van der Waals surface area contributed by atoms with Gasteiger partial charge in [-0.25, -0.2) is 4.79 Å². The van der Waals surface area contributed by atoms with E-state index in [1.54, 1.807) is 11.3 Å². The van der Waals surface area contributed by atoms with Gasteiger partial charge in [0.05, 0.1) is 6.54 Å². The minimum absolute atomic E-state index is 0.248. The number of carbonyl (C=O) groups is 1. The molecule has 2 aromatic heterocycles. The van der Waals surface area contributed by atoms with E-state index >= 15 is 0 Å². The first-order valence-electron chi connectivity index (χ1n) is 8.56. The van der Waals surface area contributed by atoms with Crippen molar-refractivity contribution in [2.24, 2.45) is 0 Å². The van der Waals surface area contributed by atoms with Crippen LogP contribution in [0.25, 0.3) is 0 Å². The Hall–Kier alpha value is -1.93. The van der Waals surface area contributed by atoms with Crippen molar-refractivity contribution >= 4 is 17.4 Å². The normalized spacial score (nSPS) is 13.7. The highest BCUT2D eigenvalue weighted by atomic mass is 32.1. The van der Waals surface area contributed by atoms with Gasteiger partial charge in [0.25, 0.3) is 0 Å². The van der Waals surface area contributed by atoms with E-state index in [1.807, 2.05) is 47.7 Å². The van der Waals surface area contributed by atoms with E-state index in [1.165, 1.54) is 4.88 Å². The fourth-order valence-electron chi connectivity index (χ4n) is 2.28. The number of thiophene rings is 1. The third-order valence-corrected chi connectivity index (χ3v) is 4.88. The average molecular weight is 381 g/mol. The topological polar surface area (TPSA) is 80.5 Å². The summed E-state index contributed by atoms with van der Waals surface area (Å²) >= 11 is 1.72. The second kappa shape index (κ2) is 7.75. The number of hydrogen-bond donors (Lipinski definition) is 1. The van der Waals surface area contributed by atoms with Gasteiger partial charge in [-0.3, -0.25) is 4.90 Å². The van der Waals surface area contributed by atoms with Gasteiger partial charge in [-0.05, 0) is 60.0 Å². The molecule has 0 spiro atoms. The molecule has 7 nitrogen and oxygen atoms in total. The summed E-state index contributed by atoms with van der Waals surface area (Å²) in [5.74, 6) is 0.917. The molecule has 1 atom stereocenters. The van der Waals surface area contributed by atoms with Crippen molar-refractivity contribution in [2.45, 2.75) is 65.3 Å². The summed E-state index contributed by atoms with van der Waals surface area (Å²) in [6.45, 7) is 11.7. The largest absolute Gasteiger partial charge is 0.444 e. The predicted octanol–water partition coefficient (Wildman–Crippen LogP) is 4.08. The molecule has 2 aromatic rings. The van der Waals surface area contributed by atoms with Gasteiger partial charge >= 0.3 is 6.09 Å². The molecule has 0 aliphatic rings. The minimum Gasteiger partial charge on any atom is -0.444 e. The molecular formula is C18H28N4O3S. The van der Waals surface area contributed by atoms with E-state index < -0.39 is 17.2 Å². The number of amides is 1. The molecule has 0 bridgehead atoms. The molecule has 0 fully saturated rings. The molecule has 144 valence electrons. The minimum atomic E-state index is -0.804. The zero-order chi connectivity index (χ0) is 19.5. The highest BCUT2D eigenvalue weighted by molar-refractivity contribution is 7.10. The van der Waals surface area contributed by atoms with Gasteiger partial charge in [-0.1, -0.05) is 11.2 Å². The van der Waals surface area contributed by atoms with Crippen LogP contribution >= 0.6 is 11.3 Å². The SMILES string of the molecule is CC(c1cccs1)N(C)Cc1nc(C(C)(C)NC(=O)OC(C)(C)C)no1. The first kappa shape index (κ1) is 20.4. The lowest BCUT2D eigenvalue weighted by atomic mass is 10.1. The van der Waals surface area contributed by atoms with Crippen LogP contribution in [0.5, 0.6) is 0 Å². The van der Waals surface area contributed by atoms with Crippen LogP contribution in [-0.4, -0.2) is 33.8 Å². The Bertz CT molecular complexity index is 719. The molecule has 8 heteroatoms. The summed E-state index contributed by atoms with van der Waals surface area (Å²) in [4.78, 5) is 19.9. The Morgan fingerprint density at radius 2 is 2.08 bits per heavy atom. The fraction of sp³-hybridized carbons (Fsp3) is 0.611. The van der Waals surface area contributed by atoms with Gasteiger partial charge in [0.2, 0.25) is 5.89 Å². The number of nitrogens with zero attached hydrogens (tertiary/aromatic N) is 3. The molecule has 2 heterocycles. The maximum atomic E-state index is 12.0. The van der Waals surface area contributed by atoms with Gasteiger partial charge < -0.3 is 14.6 Å². The predicted molar refractivity (Wildman–Crippen MR) is 101 cm³/mol. The van der Waals surface area contributed by atoms with Crippen LogP contribution in [0.2, 0.25) is 0 Å². The van der Waals surface area contributed by atoms with Gasteiger partial charge in [0, 0.05) is 10.9 Å². The van der Waals surface area contributed by atoms with Gasteiger partial charge in [0.15, 0.2) is 5.82 Å². The molecule has 0 saturated carbocycles. The highest BCUT2D eigenvalue weighted by Gasteiger charge is 2.31. The average Bonchev–Trinajstić information content (AvgIpc) is 3.15. The number of aromatic nitrogens is 2. The molecule has 26 heavy (non-hydrogen) atoms. The zero-order valence-corrected chi connectivity index (χ0v) is 17.3. The number of rotatable bonds is 6. The van der Waals surface area contributed by atoms with Gasteiger partial charge in [-0.15, -0.1) is 11.3 Å². The maximum absolute atomic E-state index is 12.0. The summed E-state index contributed by atoms with van der Waals surface area (Å²) < 4.78 is 10.7. The molecule has 1 amide bonds. The van der Waals surface area contributed by atoms with Crippen LogP contribution < -0.4 is 5.32 Å². The molecule has 0 radical (unpaired) electrons. The van der Waals surface area contributed by atoms with Crippen LogP contribution in [-0.2, 0) is 16.8 Å². The number of ether oxygens (including phenoxy) is 1. The molecule has 0 aromatic carbocycles. The second-order valence-corrected chi connectivity index (χ2v) is 8.85.